The summed E-state index contributed by atoms with van der Waals surface area (Å²) < 4.78 is 1.97. The molecule has 2 aromatic heterocycles. The lowest BCUT2D eigenvalue weighted by Crippen LogP contribution is -2.44. The van der Waals surface area contributed by atoms with Crippen LogP contribution in [0.1, 0.15) is 5.69 Å². The molecule has 0 bridgehead atoms. The van der Waals surface area contributed by atoms with E-state index >= 15 is 0 Å². The molecule has 3 heterocycles. The Bertz CT molecular complexity index is 787. The Balaban J connectivity index is 1.84. The summed E-state index contributed by atoms with van der Waals surface area (Å²) in [6.07, 6.45) is 0. The minimum Gasteiger partial charge on any atom is -0.354 e. The molecule has 1 fully saturated rings. The third-order valence-electron chi connectivity index (χ3n) is 4.05. The minimum absolute atomic E-state index is 0.910. The zero-order valence-electron chi connectivity index (χ0n) is 12.7. The van der Waals surface area contributed by atoms with Gasteiger partial charge in [0, 0.05) is 49.6 Å². The summed E-state index contributed by atoms with van der Waals surface area (Å²) in [5, 5.41) is 8.18. The molecule has 0 amide bonds. The maximum atomic E-state index is 4.79. The Kier molecular flexibility index (Phi) is 3.27. The van der Waals surface area contributed by atoms with Crippen molar-refractivity contribution < 1.29 is 0 Å². The topological polar surface area (TPSA) is 45.5 Å². The Morgan fingerprint density at radius 1 is 1.05 bits per heavy atom. The van der Waals surface area contributed by atoms with Gasteiger partial charge in [-0.3, -0.25) is 0 Å². The molecule has 1 saturated heterocycles. The Morgan fingerprint density at radius 2 is 1.82 bits per heavy atom. The van der Waals surface area contributed by atoms with Crippen molar-refractivity contribution in [3.63, 3.8) is 0 Å². The Labute approximate surface area is 129 Å². The molecule has 112 valence electrons. The number of hydrogen-bond donors (Lipinski definition) is 1. The first-order valence-corrected chi connectivity index (χ1v) is 7.70. The van der Waals surface area contributed by atoms with Crippen LogP contribution in [0.3, 0.4) is 0 Å². The van der Waals surface area contributed by atoms with Gasteiger partial charge in [-0.05, 0) is 6.92 Å². The molecule has 1 aliphatic heterocycles. The number of aromatic nitrogens is 3. The first-order chi connectivity index (χ1) is 10.8. The van der Waals surface area contributed by atoms with E-state index < -0.39 is 0 Å². The molecule has 0 atom stereocenters. The average Bonchev–Trinajstić information content (AvgIpc) is 2.99. The lowest BCUT2D eigenvalue weighted by molar-refractivity contribution is 0.579. The summed E-state index contributed by atoms with van der Waals surface area (Å²) in [5.74, 6) is 1.13. The maximum Gasteiger partial charge on any atom is 0.158 e. The predicted molar refractivity (Wildman–Crippen MR) is 88.2 cm³/mol. The second-order valence-electron chi connectivity index (χ2n) is 5.66. The molecule has 0 aliphatic carbocycles. The van der Waals surface area contributed by atoms with Gasteiger partial charge in [0.15, 0.2) is 5.65 Å². The van der Waals surface area contributed by atoms with E-state index in [2.05, 4.69) is 39.5 Å². The Morgan fingerprint density at radius 3 is 2.59 bits per heavy atom. The van der Waals surface area contributed by atoms with Gasteiger partial charge in [-0.15, -0.1) is 0 Å². The molecule has 1 aliphatic rings. The van der Waals surface area contributed by atoms with Crippen LogP contribution in [0.15, 0.2) is 42.5 Å². The number of hydrogen-bond acceptors (Lipinski definition) is 4. The van der Waals surface area contributed by atoms with E-state index in [9.17, 15) is 0 Å². The third-order valence-corrected chi connectivity index (χ3v) is 4.05. The lowest BCUT2D eigenvalue weighted by atomic mass is 10.2. The minimum atomic E-state index is 0.910. The van der Waals surface area contributed by atoms with Crippen LogP contribution in [0.5, 0.6) is 0 Å². The number of fused-ring (bicyclic) bond motifs is 1. The molecule has 0 radical (unpaired) electrons. The van der Waals surface area contributed by atoms with Crippen LogP contribution in [0.4, 0.5) is 5.82 Å². The molecule has 0 unspecified atom stereocenters. The SMILES string of the molecule is Cc1cc(N2CCNCC2)n2nc(-c3ccccc3)cc2n1. The van der Waals surface area contributed by atoms with Gasteiger partial charge in [0.1, 0.15) is 5.82 Å². The zero-order chi connectivity index (χ0) is 14.9. The predicted octanol–water partition coefficient (Wildman–Crippen LogP) is 2.11. The maximum absolute atomic E-state index is 4.79. The van der Waals surface area contributed by atoms with Gasteiger partial charge >= 0.3 is 0 Å². The lowest BCUT2D eigenvalue weighted by Gasteiger charge is -2.29. The van der Waals surface area contributed by atoms with E-state index in [4.69, 9.17) is 5.10 Å². The fourth-order valence-electron chi connectivity index (χ4n) is 2.95. The van der Waals surface area contributed by atoms with Crippen molar-refractivity contribution in [1.82, 2.24) is 19.9 Å². The monoisotopic (exact) mass is 293 g/mol. The van der Waals surface area contributed by atoms with E-state index in [-0.39, 0.29) is 0 Å². The summed E-state index contributed by atoms with van der Waals surface area (Å²) in [6, 6.07) is 14.4. The number of benzene rings is 1. The third kappa shape index (κ3) is 2.33. The summed E-state index contributed by atoms with van der Waals surface area (Å²) in [6.45, 7) is 6.06. The van der Waals surface area contributed by atoms with Gasteiger partial charge in [-0.25, -0.2) is 4.98 Å². The van der Waals surface area contributed by atoms with Crippen molar-refractivity contribution in [3.05, 3.63) is 48.2 Å². The Hall–Kier alpha value is -2.40. The first kappa shape index (κ1) is 13.3. The molecule has 1 N–H and O–H groups in total. The van der Waals surface area contributed by atoms with Crippen LogP contribution in [0.25, 0.3) is 16.9 Å². The van der Waals surface area contributed by atoms with Crippen LogP contribution in [-0.2, 0) is 0 Å². The van der Waals surface area contributed by atoms with Crippen molar-refractivity contribution >= 4 is 11.5 Å². The molecule has 0 saturated carbocycles. The van der Waals surface area contributed by atoms with Gasteiger partial charge < -0.3 is 10.2 Å². The number of rotatable bonds is 2. The average molecular weight is 293 g/mol. The quantitative estimate of drug-likeness (QED) is 0.786. The number of anilines is 1. The fraction of sp³-hybridized carbons (Fsp3) is 0.294. The second kappa shape index (κ2) is 5.42. The van der Waals surface area contributed by atoms with Crippen LogP contribution in [-0.4, -0.2) is 40.8 Å². The molecule has 1 aromatic carbocycles. The summed E-state index contributed by atoms with van der Waals surface area (Å²) >= 11 is 0. The molecular weight excluding hydrogens is 274 g/mol. The highest BCUT2D eigenvalue weighted by Crippen LogP contribution is 2.23. The van der Waals surface area contributed by atoms with Gasteiger partial charge in [0.05, 0.1) is 5.69 Å². The highest BCUT2D eigenvalue weighted by Gasteiger charge is 2.16. The highest BCUT2D eigenvalue weighted by molar-refractivity contribution is 5.65. The van der Waals surface area contributed by atoms with E-state index in [0.717, 1.165) is 54.6 Å². The second-order valence-corrected chi connectivity index (χ2v) is 5.66. The molecule has 0 spiro atoms. The number of aryl methyl sites for hydroxylation is 1. The molecule has 22 heavy (non-hydrogen) atoms. The molecular formula is C17H19N5. The summed E-state index contributed by atoms with van der Waals surface area (Å²) in [7, 11) is 0. The van der Waals surface area contributed by atoms with Crippen molar-refractivity contribution in [2.24, 2.45) is 0 Å². The number of nitrogens with one attached hydrogen (secondary N) is 1. The van der Waals surface area contributed by atoms with Gasteiger partial charge in [0.25, 0.3) is 0 Å². The van der Waals surface area contributed by atoms with E-state index in [1.165, 1.54) is 0 Å². The van der Waals surface area contributed by atoms with Crippen molar-refractivity contribution in [2.75, 3.05) is 31.1 Å². The highest BCUT2D eigenvalue weighted by atomic mass is 15.4. The van der Waals surface area contributed by atoms with Crippen molar-refractivity contribution in [1.29, 1.82) is 0 Å². The first-order valence-electron chi connectivity index (χ1n) is 7.70. The van der Waals surface area contributed by atoms with E-state index in [1.54, 1.807) is 0 Å². The van der Waals surface area contributed by atoms with Gasteiger partial charge in [-0.2, -0.15) is 9.61 Å². The molecule has 4 rings (SSSR count). The fourth-order valence-corrected chi connectivity index (χ4v) is 2.95. The normalized spacial score (nSPS) is 15.4. The van der Waals surface area contributed by atoms with Crippen molar-refractivity contribution in [2.45, 2.75) is 6.92 Å². The summed E-state index contributed by atoms with van der Waals surface area (Å²) in [4.78, 5) is 7.01. The van der Waals surface area contributed by atoms with Crippen LogP contribution < -0.4 is 10.2 Å². The van der Waals surface area contributed by atoms with Gasteiger partial charge in [-0.1, -0.05) is 30.3 Å². The van der Waals surface area contributed by atoms with Crippen LogP contribution >= 0.6 is 0 Å². The van der Waals surface area contributed by atoms with Crippen LogP contribution in [0.2, 0.25) is 0 Å². The van der Waals surface area contributed by atoms with Gasteiger partial charge in [0.2, 0.25) is 0 Å². The van der Waals surface area contributed by atoms with E-state index in [0.29, 0.717) is 0 Å². The zero-order valence-corrected chi connectivity index (χ0v) is 12.7. The van der Waals surface area contributed by atoms with Crippen LogP contribution in [0, 0.1) is 6.92 Å². The molecule has 5 nitrogen and oxygen atoms in total. The molecule has 5 heteroatoms. The molecule has 3 aromatic rings. The van der Waals surface area contributed by atoms with Crippen molar-refractivity contribution in [3.8, 4) is 11.3 Å². The smallest absolute Gasteiger partial charge is 0.158 e. The number of piperazine rings is 1. The standard InChI is InChI=1S/C17H19N5/c1-13-11-17(21-9-7-18-8-10-21)22-16(19-13)12-15(20-22)14-5-3-2-4-6-14/h2-6,11-12,18H,7-10H2,1H3. The summed E-state index contributed by atoms with van der Waals surface area (Å²) in [5.41, 5.74) is 4.03. The van der Waals surface area contributed by atoms with E-state index in [1.807, 2.05) is 29.6 Å². The largest absolute Gasteiger partial charge is 0.354 e. The number of nitrogens with zero attached hydrogens (tertiary/aromatic N) is 4.